The number of amides is 2. The van der Waals surface area contributed by atoms with Crippen molar-refractivity contribution in [1.29, 1.82) is 0 Å². The van der Waals surface area contributed by atoms with Crippen molar-refractivity contribution in [2.24, 2.45) is 5.10 Å². The number of benzene rings is 2. The van der Waals surface area contributed by atoms with Crippen LogP contribution in [0.3, 0.4) is 0 Å². The van der Waals surface area contributed by atoms with Crippen molar-refractivity contribution in [2.45, 2.75) is 12.5 Å². The van der Waals surface area contributed by atoms with E-state index in [0.717, 1.165) is 15.8 Å². The van der Waals surface area contributed by atoms with E-state index in [4.69, 9.17) is 0 Å². The first-order valence-corrected chi connectivity index (χ1v) is 10.2. The second-order valence-electron chi connectivity index (χ2n) is 5.46. The zero-order chi connectivity index (χ0) is 18.8. The molecule has 0 aromatic heterocycles. The van der Waals surface area contributed by atoms with Crippen LogP contribution in [0.25, 0.3) is 0 Å². The molecule has 0 radical (unpaired) electrons. The van der Waals surface area contributed by atoms with E-state index in [0.29, 0.717) is 12.0 Å². The Hall–Kier alpha value is -2.12. The minimum absolute atomic E-state index is 0.274. The summed E-state index contributed by atoms with van der Waals surface area (Å²) < 4.78 is 0.972. The molecule has 2 amide bonds. The van der Waals surface area contributed by atoms with E-state index in [1.165, 1.54) is 0 Å². The van der Waals surface area contributed by atoms with E-state index in [9.17, 15) is 9.59 Å². The van der Waals surface area contributed by atoms with Gasteiger partial charge in [-0.15, -0.1) is 0 Å². The predicted octanol–water partition coefficient (Wildman–Crippen LogP) is 3.45. The van der Waals surface area contributed by atoms with Gasteiger partial charge >= 0.3 is 0 Å². The van der Waals surface area contributed by atoms with Crippen molar-refractivity contribution >= 4 is 45.7 Å². The number of rotatable bonds is 8. The molecule has 0 bridgehead atoms. The van der Waals surface area contributed by atoms with Crippen LogP contribution in [-0.2, 0) is 4.79 Å². The van der Waals surface area contributed by atoms with E-state index in [1.807, 2.05) is 36.6 Å². The van der Waals surface area contributed by atoms with Crippen molar-refractivity contribution in [3.05, 3.63) is 70.2 Å². The number of thioether (sulfide) groups is 1. The number of carbonyl (C=O) groups is 2. The lowest BCUT2D eigenvalue weighted by Gasteiger charge is -2.16. The Balaban J connectivity index is 1.97. The first-order valence-electron chi connectivity index (χ1n) is 8.03. The molecule has 0 saturated heterocycles. The number of halogens is 1. The van der Waals surface area contributed by atoms with Gasteiger partial charge in [-0.25, -0.2) is 5.43 Å². The first kappa shape index (κ1) is 20.2. The van der Waals surface area contributed by atoms with Gasteiger partial charge in [0.25, 0.3) is 11.8 Å². The average molecular weight is 434 g/mol. The Morgan fingerprint density at radius 1 is 1.15 bits per heavy atom. The van der Waals surface area contributed by atoms with Crippen LogP contribution in [0.1, 0.15) is 22.3 Å². The van der Waals surface area contributed by atoms with Crippen LogP contribution in [0.4, 0.5) is 0 Å². The number of nitrogens with zero attached hydrogens (tertiary/aromatic N) is 1. The molecule has 2 aromatic rings. The fraction of sp³-hybridized carbons (Fsp3) is 0.211. The molecule has 2 aromatic carbocycles. The first-order chi connectivity index (χ1) is 12.6. The van der Waals surface area contributed by atoms with Crippen LogP contribution in [0, 0.1) is 0 Å². The molecule has 0 heterocycles. The standard InChI is InChI=1S/C19H20BrN3O2S/c1-26-12-11-17(22-18(24)15-5-3-2-4-6-15)19(25)23-21-13-14-7-9-16(20)10-8-14/h2-10,13,17H,11-12H2,1H3,(H,22,24)(H,23,25). The molecule has 26 heavy (non-hydrogen) atoms. The van der Waals surface area contributed by atoms with Crippen LogP contribution in [0.2, 0.25) is 0 Å². The maximum absolute atomic E-state index is 12.4. The third kappa shape index (κ3) is 6.65. The average Bonchev–Trinajstić information content (AvgIpc) is 2.67. The van der Waals surface area contributed by atoms with Crippen molar-refractivity contribution in [1.82, 2.24) is 10.7 Å². The quantitative estimate of drug-likeness (QED) is 0.494. The Kier molecular flexibility index (Phi) is 8.37. The van der Waals surface area contributed by atoms with Gasteiger partial charge in [0.15, 0.2) is 0 Å². The highest BCUT2D eigenvalue weighted by atomic mass is 79.9. The lowest BCUT2D eigenvalue weighted by atomic mass is 10.1. The van der Waals surface area contributed by atoms with Crippen LogP contribution >= 0.6 is 27.7 Å². The molecule has 0 spiro atoms. The molecular weight excluding hydrogens is 414 g/mol. The third-order valence-corrected chi connectivity index (χ3v) is 4.70. The van der Waals surface area contributed by atoms with Gasteiger partial charge in [-0.05, 0) is 48.3 Å². The monoisotopic (exact) mass is 433 g/mol. The predicted molar refractivity (Wildman–Crippen MR) is 111 cm³/mol. The highest BCUT2D eigenvalue weighted by Crippen LogP contribution is 2.09. The third-order valence-electron chi connectivity index (χ3n) is 3.53. The minimum Gasteiger partial charge on any atom is -0.340 e. The van der Waals surface area contributed by atoms with Gasteiger partial charge < -0.3 is 5.32 Å². The van der Waals surface area contributed by atoms with Crippen LogP contribution in [-0.4, -0.2) is 36.1 Å². The number of hydrogen-bond donors (Lipinski definition) is 2. The number of hydrogen-bond acceptors (Lipinski definition) is 4. The summed E-state index contributed by atoms with van der Waals surface area (Å²) in [7, 11) is 0. The molecule has 7 heteroatoms. The van der Waals surface area contributed by atoms with Crippen LogP contribution in [0.5, 0.6) is 0 Å². The molecule has 0 fully saturated rings. The smallest absolute Gasteiger partial charge is 0.262 e. The highest BCUT2D eigenvalue weighted by Gasteiger charge is 2.20. The highest BCUT2D eigenvalue weighted by molar-refractivity contribution is 9.10. The maximum atomic E-state index is 12.4. The van der Waals surface area contributed by atoms with Gasteiger partial charge in [-0.2, -0.15) is 16.9 Å². The number of nitrogens with one attached hydrogen (secondary N) is 2. The molecule has 0 saturated carbocycles. The van der Waals surface area contributed by atoms with Gasteiger partial charge in [0.2, 0.25) is 0 Å². The largest absolute Gasteiger partial charge is 0.340 e. The molecule has 0 aliphatic rings. The second-order valence-corrected chi connectivity index (χ2v) is 7.36. The Bertz CT molecular complexity index is 751. The van der Waals surface area contributed by atoms with E-state index in [-0.39, 0.29) is 11.8 Å². The Labute approximate surface area is 165 Å². The molecule has 2 rings (SSSR count). The minimum atomic E-state index is -0.641. The summed E-state index contributed by atoms with van der Waals surface area (Å²) in [6, 6.07) is 15.7. The van der Waals surface area contributed by atoms with E-state index < -0.39 is 6.04 Å². The normalized spacial score (nSPS) is 11.9. The lowest BCUT2D eigenvalue weighted by molar-refractivity contribution is -0.123. The zero-order valence-electron chi connectivity index (χ0n) is 14.3. The van der Waals surface area contributed by atoms with Gasteiger partial charge in [-0.3, -0.25) is 9.59 Å². The second kappa shape index (κ2) is 10.8. The van der Waals surface area contributed by atoms with Gasteiger partial charge in [-0.1, -0.05) is 46.3 Å². The summed E-state index contributed by atoms with van der Waals surface area (Å²) in [4.78, 5) is 24.7. The van der Waals surface area contributed by atoms with Crippen molar-refractivity contribution in [3.8, 4) is 0 Å². The summed E-state index contributed by atoms with van der Waals surface area (Å²) in [5, 5.41) is 6.76. The van der Waals surface area contributed by atoms with Crippen LogP contribution in [0.15, 0.2) is 64.2 Å². The molecule has 1 atom stereocenters. The fourth-order valence-corrected chi connectivity index (χ4v) is 2.87. The Morgan fingerprint density at radius 2 is 1.85 bits per heavy atom. The van der Waals surface area contributed by atoms with Crippen molar-refractivity contribution in [3.63, 3.8) is 0 Å². The SMILES string of the molecule is CSCCC(NC(=O)c1ccccc1)C(=O)NN=Cc1ccc(Br)cc1. The van der Waals surface area contributed by atoms with Gasteiger partial charge in [0, 0.05) is 10.0 Å². The lowest BCUT2D eigenvalue weighted by Crippen LogP contribution is -2.45. The van der Waals surface area contributed by atoms with Crippen molar-refractivity contribution in [2.75, 3.05) is 12.0 Å². The molecule has 5 nitrogen and oxygen atoms in total. The summed E-state index contributed by atoms with van der Waals surface area (Å²) in [5.74, 6) is 0.143. The maximum Gasteiger partial charge on any atom is 0.262 e. The molecule has 2 N–H and O–H groups in total. The zero-order valence-corrected chi connectivity index (χ0v) is 16.7. The van der Waals surface area contributed by atoms with Crippen molar-refractivity contribution < 1.29 is 9.59 Å². The topological polar surface area (TPSA) is 70.6 Å². The molecule has 1 unspecified atom stereocenters. The summed E-state index contributed by atoms with van der Waals surface area (Å²) in [6.07, 6.45) is 4.05. The Morgan fingerprint density at radius 3 is 2.50 bits per heavy atom. The molecule has 0 aliphatic carbocycles. The van der Waals surface area contributed by atoms with Gasteiger partial charge in [0.1, 0.15) is 6.04 Å². The van der Waals surface area contributed by atoms with Crippen LogP contribution < -0.4 is 10.7 Å². The van der Waals surface area contributed by atoms with Gasteiger partial charge in [0.05, 0.1) is 6.21 Å². The fourth-order valence-electron chi connectivity index (χ4n) is 2.13. The van der Waals surface area contributed by atoms with E-state index >= 15 is 0 Å². The number of carbonyl (C=O) groups excluding carboxylic acids is 2. The number of hydrazone groups is 1. The molecule has 136 valence electrons. The summed E-state index contributed by atoms with van der Waals surface area (Å²) >= 11 is 4.98. The molecule has 0 aliphatic heterocycles. The van der Waals surface area contributed by atoms with E-state index in [2.05, 4.69) is 31.8 Å². The summed E-state index contributed by atoms with van der Waals surface area (Å²) in [5.41, 5.74) is 3.89. The molecular formula is C19H20BrN3O2S. The van der Waals surface area contributed by atoms with E-state index in [1.54, 1.807) is 42.2 Å². The summed E-state index contributed by atoms with van der Waals surface area (Å²) in [6.45, 7) is 0.